The van der Waals surface area contributed by atoms with Crippen LogP contribution in [0.2, 0.25) is 0 Å². The minimum atomic E-state index is 0. The van der Waals surface area contributed by atoms with Crippen molar-refractivity contribution in [3.63, 3.8) is 0 Å². The summed E-state index contributed by atoms with van der Waals surface area (Å²) in [4.78, 5) is 8.92. The number of benzene rings is 2. The van der Waals surface area contributed by atoms with E-state index < -0.39 is 0 Å². The number of aryl methyl sites for hydroxylation is 1. The Kier molecular flexibility index (Phi) is 9.23. The second-order valence-corrected chi connectivity index (χ2v) is 7.45. The van der Waals surface area contributed by atoms with E-state index in [-0.39, 0.29) is 30.1 Å². The third-order valence-corrected chi connectivity index (χ3v) is 5.26. The fraction of sp³-hybridized carbons (Fsp3) is 0.435. The van der Waals surface area contributed by atoms with E-state index >= 15 is 0 Å². The van der Waals surface area contributed by atoms with Gasteiger partial charge in [0.15, 0.2) is 5.96 Å². The van der Waals surface area contributed by atoms with Crippen molar-refractivity contribution >= 4 is 35.6 Å². The largest absolute Gasteiger partial charge is 0.378 e. The molecule has 2 aromatic rings. The molecule has 5 nitrogen and oxygen atoms in total. The molecular weight excluding hydrogens is 475 g/mol. The van der Waals surface area contributed by atoms with Crippen molar-refractivity contribution in [2.75, 3.05) is 52.3 Å². The van der Waals surface area contributed by atoms with Crippen molar-refractivity contribution < 1.29 is 4.74 Å². The highest BCUT2D eigenvalue weighted by Gasteiger charge is 2.24. The fourth-order valence-corrected chi connectivity index (χ4v) is 3.59. The predicted molar refractivity (Wildman–Crippen MR) is 133 cm³/mol. The average Bonchev–Trinajstić information content (AvgIpc) is 2.72. The zero-order valence-electron chi connectivity index (χ0n) is 17.9. The van der Waals surface area contributed by atoms with E-state index in [2.05, 4.69) is 89.7 Å². The van der Waals surface area contributed by atoms with Gasteiger partial charge in [0.2, 0.25) is 0 Å². The van der Waals surface area contributed by atoms with Crippen LogP contribution in [-0.2, 0) is 11.2 Å². The van der Waals surface area contributed by atoms with Gasteiger partial charge in [-0.3, -0.25) is 4.99 Å². The van der Waals surface area contributed by atoms with Crippen LogP contribution >= 0.6 is 24.0 Å². The van der Waals surface area contributed by atoms with Crippen molar-refractivity contribution in [1.29, 1.82) is 0 Å². The van der Waals surface area contributed by atoms with E-state index in [1.165, 1.54) is 22.4 Å². The van der Waals surface area contributed by atoms with Crippen molar-refractivity contribution in [2.45, 2.75) is 19.4 Å². The summed E-state index contributed by atoms with van der Waals surface area (Å²) >= 11 is 0. The number of ether oxygens (including phenoxy) is 1. The number of nitrogens with one attached hydrogen (secondary N) is 1. The Hall–Kier alpha value is -1.80. The van der Waals surface area contributed by atoms with Crippen LogP contribution in [0.25, 0.3) is 0 Å². The second kappa shape index (κ2) is 11.4. The van der Waals surface area contributed by atoms with E-state index in [1.54, 1.807) is 0 Å². The van der Waals surface area contributed by atoms with Crippen molar-refractivity contribution in [3.05, 3.63) is 65.2 Å². The van der Waals surface area contributed by atoms with Crippen LogP contribution in [0, 0.1) is 6.92 Å². The average molecular weight is 508 g/mol. The predicted octanol–water partition coefficient (Wildman–Crippen LogP) is 3.87. The summed E-state index contributed by atoms with van der Waals surface area (Å²) in [5, 5.41) is 3.52. The highest BCUT2D eigenvalue weighted by atomic mass is 127. The van der Waals surface area contributed by atoms with E-state index in [0.29, 0.717) is 6.61 Å². The smallest absolute Gasteiger partial charge is 0.193 e. The Labute approximate surface area is 192 Å². The van der Waals surface area contributed by atoms with Crippen LogP contribution in [0.3, 0.4) is 0 Å². The summed E-state index contributed by atoms with van der Waals surface area (Å²) in [5.74, 6) is 0.951. The maximum Gasteiger partial charge on any atom is 0.193 e. The Balaban J connectivity index is 0.00000300. The number of aliphatic imine (C=N–C) groups is 1. The number of hydrogen-bond donors (Lipinski definition) is 1. The molecule has 158 valence electrons. The molecule has 0 spiro atoms. The van der Waals surface area contributed by atoms with Crippen LogP contribution in [0.4, 0.5) is 5.69 Å². The van der Waals surface area contributed by atoms with Gasteiger partial charge in [-0.1, -0.05) is 36.4 Å². The molecule has 1 saturated heterocycles. The molecule has 1 N–H and O–H groups in total. The summed E-state index contributed by atoms with van der Waals surface area (Å²) in [5.41, 5.74) is 5.10. The highest BCUT2D eigenvalue weighted by molar-refractivity contribution is 14.0. The molecule has 0 radical (unpaired) electrons. The number of hydrogen-bond acceptors (Lipinski definition) is 3. The molecule has 3 rings (SSSR count). The number of anilines is 1. The van der Waals surface area contributed by atoms with Crippen molar-refractivity contribution in [1.82, 2.24) is 10.2 Å². The SMILES string of the molecule is CN=C(NCCc1ccc(N(C)C)cc1)N1CCOC(c2ccccc2C)C1.I. The van der Waals surface area contributed by atoms with E-state index in [9.17, 15) is 0 Å². The molecule has 6 heteroatoms. The van der Waals surface area contributed by atoms with Crippen LogP contribution < -0.4 is 10.2 Å². The van der Waals surface area contributed by atoms with Crippen molar-refractivity contribution in [2.24, 2.45) is 4.99 Å². The van der Waals surface area contributed by atoms with E-state index in [4.69, 9.17) is 4.74 Å². The summed E-state index contributed by atoms with van der Waals surface area (Å²) in [6.07, 6.45) is 1.06. The molecule has 1 heterocycles. The van der Waals surface area contributed by atoms with E-state index in [1.807, 2.05) is 7.05 Å². The third kappa shape index (κ3) is 6.34. The Morgan fingerprint density at radius 2 is 1.90 bits per heavy atom. The molecule has 29 heavy (non-hydrogen) atoms. The van der Waals surface area contributed by atoms with Gasteiger partial charge in [0.1, 0.15) is 6.10 Å². The van der Waals surface area contributed by atoms with Crippen LogP contribution in [0.1, 0.15) is 22.8 Å². The fourth-order valence-electron chi connectivity index (χ4n) is 3.59. The van der Waals surface area contributed by atoms with Crippen LogP contribution in [-0.4, -0.2) is 58.2 Å². The van der Waals surface area contributed by atoms with Crippen LogP contribution in [0.15, 0.2) is 53.5 Å². The monoisotopic (exact) mass is 508 g/mol. The summed E-state index contributed by atoms with van der Waals surface area (Å²) in [6.45, 7) is 5.40. The van der Waals surface area contributed by atoms with Gasteiger partial charge in [-0.2, -0.15) is 0 Å². The number of halogens is 1. The van der Waals surface area contributed by atoms with E-state index in [0.717, 1.165) is 32.0 Å². The molecule has 0 bridgehead atoms. The van der Waals surface area contributed by atoms with Gasteiger partial charge in [0.25, 0.3) is 0 Å². The second-order valence-electron chi connectivity index (χ2n) is 7.45. The van der Waals surface area contributed by atoms with Crippen molar-refractivity contribution in [3.8, 4) is 0 Å². The first-order valence-electron chi connectivity index (χ1n) is 9.97. The Morgan fingerprint density at radius 3 is 2.55 bits per heavy atom. The summed E-state index contributed by atoms with van der Waals surface area (Å²) in [6, 6.07) is 17.2. The first-order chi connectivity index (χ1) is 13.6. The minimum Gasteiger partial charge on any atom is -0.378 e. The molecule has 1 unspecified atom stereocenters. The number of nitrogens with zero attached hydrogens (tertiary/aromatic N) is 3. The van der Waals surface area contributed by atoms with Gasteiger partial charge < -0.3 is 19.9 Å². The molecule has 1 fully saturated rings. The zero-order chi connectivity index (χ0) is 19.9. The lowest BCUT2D eigenvalue weighted by molar-refractivity contribution is -0.00829. The lowest BCUT2D eigenvalue weighted by atomic mass is 10.0. The third-order valence-electron chi connectivity index (χ3n) is 5.26. The lowest BCUT2D eigenvalue weighted by Crippen LogP contribution is -2.48. The van der Waals surface area contributed by atoms with Gasteiger partial charge in [0, 0.05) is 39.9 Å². The zero-order valence-corrected chi connectivity index (χ0v) is 20.2. The summed E-state index contributed by atoms with van der Waals surface area (Å²) in [7, 11) is 5.98. The minimum absolute atomic E-state index is 0. The van der Waals surface area contributed by atoms with Gasteiger partial charge in [0.05, 0.1) is 13.2 Å². The van der Waals surface area contributed by atoms with Gasteiger partial charge in [-0.05, 0) is 42.2 Å². The standard InChI is InChI=1S/C23H32N4O.HI/c1-18-7-5-6-8-21(18)22-17-27(15-16-28-22)23(24-2)25-14-13-19-9-11-20(12-10-19)26(3)4;/h5-12,22H,13-17H2,1-4H3,(H,24,25);1H. The maximum atomic E-state index is 6.05. The molecule has 0 aliphatic carbocycles. The number of guanidine groups is 1. The molecule has 0 saturated carbocycles. The van der Waals surface area contributed by atoms with Crippen LogP contribution in [0.5, 0.6) is 0 Å². The topological polar surface area (TPSA) is 40.1 Å². The summed E-state index contributed by atoms with van der Waals surface area (Å²) < 4.78 is 6.05. The molecule has 1 aliphatic heterocycles. The number of morpholine rings is 1. The molecule has 0 aromatic heterocycles. The first kappa shape index (κ1) is 23.5. The maximum absolute atomic E-state index is 6.05. The highest BCUT2D eigenvalue weighted by Crippen LogP contribution is 2.25. The number of rotatable bonds is 5. The quantitative estimate of drug-likeness (QED) is 0.378. The normalized spacial score (nSPS) is 16.9. The first-order valence-corrected chi connectivity index (χ1v) is 9.97. The Bertz CT molecular complexity index is 792. The molecule has 1 atom stereocenters. The molecular formula is C23H33IN4O. The molecule has 1 aliphatic rings. The van der Waals surface area contributed by atoms with Gasteiger partial charge in [-0.15, -0.1) is 24.0 Å². The Morgan fingerprint density at radius 1 is 1.17 bits per heavy atom. The van der Waals surface area contributed by atoms with Gasteiger partial charge >= 0.3 is 0 Å². The molecule has 0 amide bonds. The molecule has 2 aromatic carbocycles. The lowest BCUT2D eigenvalue weighted by Gasteiger charge is -2.35. The van der Waals surface area contributed by atoms with Gasteiger partial charge in [-0.25, -0.2) is 0 Å².